The molecular weight excluding hydrogens is 801 g/mol. The van der Waals surface area contributed by atoms with Gasteiger partial charge in [0.15, 0.2) is 0 Å². The molecule has 0 aliphatic carbocycles. The highest BCUT2D eigenvalue weighted by Crippen LogP contribution is 2.20. The smallest absolute Gasteiger partial charge is 0.331 e. The molecule has 0 fully saturated rings. The lowest BCUT2D eigenvalue weighted by Crippen LogP contribution is -2.35. The van der Waals surface area contributed by atoms with Crippen molar-refractivity contribution in [3.8, 4) is 0 Å². The zero-order chi connectivity index (χ0) is 47.4. The fraction of sp³-hybridized carbons (Fsp3) is 0.966. The summed E-state index contributed by atoms with van der Waals surface area (Å²) in [5.41, 5.74) is 5.70. The van der Waals surface area contributed by atoms with Crippen LogP contribution in [0.3, 0.4) is 0 Å². The molecule has 0 saturated heterocycles. The molecule has 0 aromatic carbocycles. The van der Waals surface area contributed by atoms with Crippen molar-refractivity contribution in [1.82, 2.24) is 5.23 Å². The molecule has 2 atom stereocenters. The van der Waals surface area contributed by atoms with Gasteiger partial charge in [-0.1, -0.05) is 317 Å². The van der Waals surface area contributed by atoms with Crippen LogP contribution in [-0.4, -0.2) is 30.3 Å². The Bertz CT molecular complexity index is 877. The van der Waals surface area contributed by atoms with E-state index in [9.17, 15) is 9.59 Å². The van der Waals surface area contributed by atoms with E-state index in [1.807, 2.05) is 13.8 Å². The molecule has 0 aromatic rings. The van der Waals surface area contributed by atoms with Gasteiger partial charge in [0.05, 0.1) is 18.4 Å². The van der Waals surface area contributed by atoms with E-state index in [-0.39, 0.29) is 23.8 Å². The van der Waals surface area contributed by atoms with E-state index in [1.54, 1.807) is 0 Å². The maximum Gasteiger partial charge on any atom is 0.331 e. The van der Waals surface area contributed by atoms with E-state index in [4.69, 9.17) is 15.4 Å². The number of rotatable bonds is 55. The zero-order valence-corrected chi connectivity index (χ0v) is 44.9. The summed E-state index contributed by atoms with van der Waals surface area (Å²) >= 11 is 0. The van der Waals surface area contributed by atoms with Crippen molar-refractivity contribution in [2.75, 3.05) is 13.1 Å². The van der Waals surface area contributed by atoms with E-state index >= 15 is 0 Å². The standard InChI is InChI=1S/C59H118N2O4/c1-5-7-9-11-13-15-17-19-21-23-25-27-29-31-33-35-37-39-41-43-45-48-52-56(3)58(62)64-61(55-51-47-50-54-60)65-59(63)57(4)53-49-46-44-42-40-38-36-34-32-30-28-26-24-22-20-18-16-14-12-10-8-6-2/h56-57H,5-55,60H2,1-4H3. The number of carbonyl (C=O) groups excluding carboxylic acids is 2. The fourth-order valence-corrected chi connectivity index (χ4v) is 9.41. The van der Waals surface area contributed by atoms with Gasteiger partial charge in [0.1, 0.15) is 0 Å². The van der Waals surface area contributed by atoms with Crippen molar-refractivity contribution in [3.63, 3.8) is 0 Å². The Morgan fingerprint density at radius 2 is 0.523 bits per heavy atom. The molecule has 0 heterocycles. The molecule has 6 nitrogen and oxygen atoms in total. The molecule has 6 heteroatoms. The van der Waals surface area contributed by atoms with Gasteiger partial charge < -0.3 is 15.4 Å². The van der Waals surface area contributed by atoms with E-state index in [0.29, 0.717) is 13.1 Å². The van der Waals surface area contributed by atoms with Gasteiger partial charge in [0, 0.05) is 5.23 Å². The molecule has 0 aromatic heterocycles. The average molecular weight is 920 g/mol. The van der Waals surface area contributed by atoms with Crippen LogP contribution in [0.15, 0.2) is 0 Å². The highest BCUT2D eigenvalue weighted by molar-refractivity contribution is 5.73. The highest BCUT2D eigenvalue weighted by Gasteiger charge is 2.24. The van der Waals surface area contributed by atoms with Gasteiger partial charge in [-0.2, -0.15) is 0 Å². The second-order valence-electron chi connectivity index (χ2n) is 21.0. The molecule has 0 aliphatic rings. The molecule has 0 amide bonds. The molecular formula is C59H118N2O4. The summed E-state index contributed by atoms with van der Waals surface area (Å²) in [6, 6.07) is 0. The van der Waals surface area contributed by atoms with Crippen molar-refractivity contribution in [1.29, 1.82) is 0 Å². The Labute approximate surface area is 407 Å². The molecule has 2 unspecified atom stereocenters. The Morgan fingerprint density at radius 1 is 0.323 bits per heavy atom. The van der Waals surface area contributed by atoms with Gasteiger partial charge in [0.2, 0.25) is 0 Å². The zero-order valence-electron chi connectivity index (χ0n) is 44.9. The van der Waals surface area contributed by atoms with Gasteiger partial charge in [-0.05, 0) is 32.2 Å². The first kappa shape index (κ1) is 63.9. The van der Waals surface area contributed by atoms with E-state index in [1.165, 1.54) is 262 Å². The van der Waals surface area contributed by atoms with Gasteiger partial charge in [-0.15, -0.1) is 0 Å². The SMILES string of the molecule is CCCCCCCCCCCCCCCCCCCCCCCCC(C)C(=O)ON(CCCCCN)OC(=O)C(C)CCCCCCCCCCCCCCCCCCCCCCCC. The van der Waals surface area contributed by atoms with Crippen molar-refractivity contribution in [2.24, 2.45) is 17.6 Å². The average Bonchev–Trinajstić information content (AvgIpc) is 3.30. The van der Waals surface area contributed by atoms with Crippen molar-refractivity contribution < 1.29 is 19.3 Å². The molecule has 0 saturated carbocycles. The Morgan fingerprint density at radius 3 is 0.738 bits per heavy atom. The maximum atomic E-state index is 13.0. The molecule has 65 heavy (non-hydrogen) atoms. The van der Waals surface area contributed by atoms with Crippen molar-refractivity contribution in [2.45, 2.75) is 342 Å². The first-order valence-corrected chi connectivity index (χ1v) is 29.9. The number of hydrogen-bond donors (Lipinski definition) is 1. The van der Waals surface area contributed by atoms with Gasteiger partial charge in [-0.3, -0.25) is 0 Å². The molecule has 0 aliphatic heterocycles. The van der Waals surface area contributed by atoms with Crippen LogP contribution in [0.2, 0.25) is 0 Å². The number of carbonyl (C=O) groups is 2. The third-order valence-electron chi connectivity index (χ3n) is 14.2. The lowest BCUT2D eigenvalue weighted by Gasteiger charge is -2.23. The quantitative estimate of drug-likeness (QED) is 0.0483. The second kappa shape index (κ2) is 53.8. The predicted octanol–water partition coefficient (Wildman–Crippen LogP) is 19.6. The van der Waals surface area contributed by atoms with Crippen LogP contribution in [0.1, 0.15) is 342 Å². The first-order chi connectivity index (χ1) is 32.0. The summed E-state index contributed by atoms with van der Waals surface area (Å²) in [5.74, 6) is -1.03. The molecule has 0 bridgehead atoms. The number of nitrogens with zero attached hydrogens (tertiary/aromatic N) is 1. The Kier molecular flexibility index (Phi) is 52.9. The first-order valence-electron chi connectivity index (χ1n) is 29.9. The fourth-order valence-electron chi connectivity index (χ4n) is 9.41. The van der Waals surface area contributed by atoms with Crippen LogP contribution in [0, 0.1) is 11.8 Å². The normalized spacial score (nSPS) is 12.6. The molecule has 0 spiro atoms. The minimum atomic E-state index is -0.299. The molecule has 2 N–H and O–H groups in total. The lowest BCUT2D eigenvalue weighted by atomic mass is 10.0. The van der Waals surface area contributed by atoms with Crippen LogP contribution < -0.4 is 5.73 Å². The number of hydrogen-bond acceptors (Lipinski definition) is 6. The Balaban J connectivity index is 3.88. The van der Waals surface area contributed by atoms with Crippen molar-refractivity contribution in [3.05, 3.63) is 0 Å². The van der Waals surface area contributed by atoms with E-state index in [0.717, 1.165) is 57.8 Å². The molecule has 388 valence electrons. The van der Waals surface area contributed by atoms with Crippen LogP contribution in [0.25, 0.3) is 0 Å². The van der Waals surface area contributed by atoms with E-state index in [2.05, 4.69) is 13.8 Å². The van der Waals surface area contributed by atoms with Crippen LogP contribution in [0.5, 0.6) is 0 Å². The molecule has 0 radical (unpaired) electrons. The maximum absolute atomic E-state index is 13.0. The predicted molar refractivity (Wildman–Crippen MR) is 284 cm³/mol. The number of unbranched alkanes of at least 4 members (excludes halogenated alkanes) is 44. The lowest BCUT2D eigenvalue weighted by molar-refractivity contribution is -0.329. The van der Waals surface area contributed by atoms with E-state index < -0.39 is 0 Å². The topological polar surface area (TPSA) is 81.9 Å². The highest BCUT2D eigenvalue weighted by atomic mass is 17.0. The summed E-state index contributed by atoms with van der Waals surface area (Å²) in [5, 5.41) is 1.17. The summed E-state index contributed by atoms with van der Waals surface area (Å²) in [7, 11) is 0. The number of hydroxylamine groups is 2. The summed E-state index contributed by atoms with van der Waals surface area (Å²) in [6.07, 6.45) is 64.7. The Hall–Kier alpha value is -1.14. The summed E-state index contributed by atoms with van der Waals surface area (Å²) in [6.45, 7) is 9.49. The second-order valence-corrected chi connectivity index (χ2v) is 21.0. The van der Waals surface area contributed by atoms with Gasteiger partial charge in [0.25, 0.3) is 0 Å². The van der Waals surface area contributed by atoms with Gasteiger partial charge >= 0.3 is 11.9 Å². The summed E-state index contributed by atoms with van der Waals surface area (Å²) < 4.78 is 0. The summed E-state index contributed by atoms with van der Waals surface area (Å²) in [4.78, 5) is 37.5. The minimum absolute atomic E-state index is 0.216. The third kappa shape index (κ3) is 49.1. The van der Waals surface area contributed by atoms with Crippen LogP contribution in [-0.2, 0) is 19.3 Å². The minimum Gasteiger partial charge on any atom is -0.333 e. The monoisotopic (exact) mass is 919 g/mol. The third-order valence-corrected chi connectivity index (χ3v) is 14.2. The largest absolute Gasteiger partial charge is 0.333 e. The van der Waals surface area contributed by atoms with Gasteiger partial charge in [-0.25, -0.2) is 9.59 Å². The van der Waals surface area contributed by atoms with Crippen molar-refractivity contribution >= 4 is 11.9 Å². The van der Waals surface area contributed by atoms with Crippen LogP contribution in [0.4, 0.5) is 0 Å². The molecule has 0 rings (SSSR count). The van der Waals surface area contributed by atoms with Crippen LogP contribution >= 0.6 is 0 Å². The number of nitrogens with two attached hydrogens (primary N) is 1.